The number of nitrogens with one attached hydrogen (secondary N) is 1. The quantitative estimate of drug-likeness (QED) is 0.522. The van der Waals surface area contributed by atoms with Crippen LogP contribution in [0.15, 0.2) is 24.3 Å². The van der Waals surface area contributed by atoms with Crippen molar-refractivity contribution >= 4 is 12.3 Å². The third kappa shape index (κ3) is 6.79. The Kier molecular flexibility index (Phi) is 8.57. The Morgan fingerprint density at radius 3 is 2.61 bits per heavy atom. The fraction of sp³-hybridized carbons (Fsp3) is 0.450. The molecule has 1 aliphatic rings. The molecule has 8 nitrogen and oxygen atoms in total. The summed E-state index contributed by atoms with van der Waals surface area (Å²) >= 11 is 0. The lowest BCUT2D eigenvalue weighted by Crippen LogP contribution is -2.44. The van der Waals surface area contributed by atoms with Crippen molar-refractivity contribution in [2.75, 3.05) is 31.5 Å². The highest BCUT2D eigenvalue weighted by Gasteiger charge is 2.31. The number of likely N-dealkylation sites (tertiary alicyclic amines) is 1. The number of phenols is 1. The van der Waals surface area contributed by atoms with Crippen molar-refractivity contribution in [3.63, 3.8) is 0 Å². The largest absolute Gasteiger partial charge is 0.507 e. The van der Waals surface area contributed by atoms with Crippen molar-refractivity contribution in [1.82, 2.24) is 15.1 Å². The molecule has 2 aromatic rings. The topological polar surface area (TPSA) is 125 Å². The van der Waals surface area contributed by atoms with E-state index in [0.29, 0.717) is 29.7 Å². The molecule has 0 bridgehead atoms. The lowest BCUT2D eigenvalue weighted by atomic mass is 10.0. The number of nitrogens with two attached hydrogens (primary N) is 1. The maximum absolute atomic E-state index is 12.8. The Morgan fingerprint density at radius 1 is 1.32 bits per heavy atom. The van der Waals surface area contributed by atoms with Crippen LogP contribution in [0.2, 0.25) is 0 Å². The van der Waals surface area contributed by atoms with Crippen LogP contribution >= 0.6 is 0 Å². The maximum Gasteiger partial charge on any atom is 0.416 e. The molecule has 0 spiro atoms. The molecular weight excluding hydrogens is 415 g/mol. The van der Waals surface area contributed by atoms with Gasteiger partial charge in [-0.15, -0.1) is 10.2 Å². The van der Waals surface area contributed by atoms with Crippen molar-refractivity contribution in [2.24, 2.45) is 5.73 Å². The summed E-state index contributed by atoms with van der Waals surface area (Å²) in [7, 11) is 0. The summed E-state index contributed by atoms with van der Waals surface area (Å²) in [5.74, 6) is 0.130. The van der Waals surface area contributed by atoms with E-state index < -0.39 is 17.5 Å². The van der Waals surface area contributed by atoms with Crippen LogP contribution in [0.5, 0.6) is 5.75 Å². The predicted octanol–water partition coefficient (Wildman–Crippen LogP) is 2.71. The molecule has 1 aromatic carbocycles. The number of aromatic hydroxyl groups is 1. The number of halogens is 3. The monoisotopic (exact) mass is 441 g/mol. The molecule has 11 heteroatoms. The molecule has 0 saturated carbocycles. The van der Waals surface area contributed by atoms with E-state index in [1.807, 2.05) is 0 Å². The van der Waals surface area contributed by atoms with Gasteiger partial charge < -0.3 is 26.2 Å². The first-order valence-electron chi connectivity index (χ1n) is 9.71. The smallest absolute Gasteiger partial charge is 0.416 e. The van der Waals surface area contributed by atoms with E-state index in [1.54, 1.807) is 13.0 Å². The zero-order valence-corrected chi connectivity index (χ0v) is 17.1. The van der Waals surface area contributed by atoms with Crippen molar-refractivity contribution < 1.29 is 28.2 Å². The molecule has 1 aromatic heterocycles. The second kappa shape index (κ2) is 10.9. The third-order valence-corrected chi connectivity index (χ3v) is 4.87. The Balaban J connectivity index is 0.00000107. The van der Waals surface area contributed by atoms with Gasteiger partial charge in [0, 0.05) is 31.2 Å². The number of aryl methyl sites for hydroxylation is 1. The van der Waals surface area contributed by atoms with Gasteiger partial charge in [-0.3, -0.25) is 4.79 Å². The normalized spacial score (nSPS) is 16.9. The molecule has 1 aliphatic heterocycles. The molecule has 2 heterocycles. The first-order valence-corrected chi connectivity index (χ1v) is 9.71. The van der Waals surface area contributed by atoms with Crippen LogP contribution in [0, 0.1) is 6.92 Å². The van der Waals surface area contributed by atoms with E-state index >= 15 is 0 Å². The summed E-state index contributed by atoms with van der Waals surface area (Å²) in [6.45, 7) is 4.92. The van der Waals surface area contributed by atoms with Crippen LogP contribution < -0.4 is 11.1 Å². The fourth-order valence-corrected chi connectivity index (χ4v) is 3.50. The summed E-state index contributed by atoms with van der Waals surface area (Å²) in [5, 5.41) is 28.6. The molecule has 0 amide bonds. The average molecular weight is 441 g/mol. The molecule has 1 atom stereocenters. The number of nitrogens with zero attached hydrogens (tertiary/aromatic N) is 3. The number of aromatic nitrogens is 2. The number of carbonyl (C=O) groups is 1. The molecular formula is C20H26F3N5O3. The number of benzene rings is 1. The molecule has 170 valence electrons. The van der Waals surface area contributed by atoms with Gasteiger partial charge in [-0.05, 0) is 56.1 Å². The predicted molar refractivity (Wildman–Crippen MR) is 110 cm³/mol. The standard InChI is InChI=1S/C19H24F3N5O.CH2O2/c1-12-9-17(24-14-3-2-7-27(11-14)8-6-23)25-26-18(12)15-5-4-13(10-16(15)28)19(20,21)22;2-1-3/h4-5,9-10,14,28H,2-3,6-8,11,23H2,1H3,(H,24,25);1H,(H,2,3). The Labute approximate surface area is 177 Å². The van der Waals surface area contributed by atoms with Gasteiger partial charge in [-0.1, -0.05) is 0 Å². The molecule has 31 heavy (non-hydrogen) atoms. The van der Waals surface area contributed by atoms with Crippen molar-refractivity contribution in [3.8, 4) is 17.0 Å². The maximum atomic E-state index is 12.8. The van der Waals surface area contributed by atoms with Gasteiger partial charge in [0.1, 0.15) is 11.6 Å². The van der Waals surface area contributed by atoms with Gasteiger partial charge >= 0.3 is 6.18 Å². The van der Waals surface area contributed by atoms with Gasteiger partial charge in [-0.2, -0.15) is 13.2 Å². The van der Waals surface area contributed by atoms with Crippen LogP contribution in [0.25, 0.3) is 11.3 Å². The van der Waals surface area contributed by atoms with Gasteiger partial charge in [-0.25, -0.2) is 0 Å². The minimum Gasteiger partial charge on any atom is -0.507 e. The molecule has 1 fully saturated rings. The van der Waals surface area contributed by atoms with Crippen molar-refractivity contribution in [1.29, 1.82) is 0 Å². The van der Waals surface area contributed by atoms with Gasteiger partial charge in [0.05, 0.1) is 11.3 Å². The number of hydrogen-bond donors (Lipinski definition) is 4. The van der Waals surface area contributed by atoms with Crippen molar-refractivity contribution in [2.45, 2.75) is 32.0 Å². The van der Waals surface area contributed by atoms with Crippen LogP contribution in [0.1, 0.15) is 24.0 Å². The molecule has 1 saturated heterocycles. The first-order chi connectivity index (χ1) is 14.7. The average Bonchev–Trinajstić information content (AvgIpc) is 2.69. The van der Waals surface area contributed by atoms with Crippen LogP contribution in [0.4, 0.5) is 19.0 Å². The number of phenolic OH excluding ortho intramolecular Hbond substituents is 1. The first kappa shape index (κ1) is 24.4. The summed E-state index contributed by atoms with van der Waals surface area (Å²) in [5.41, 5.74) is 6.00. The molecule has 3 rings (SSSR count). The number of alkyl halides is 3. The van der Waals surface area contributed by atoms with Gasteiger partial charge in [0.15, 0.2) is 0 Å². The van der Waals surface area contributed by atoms with Gasteiger partial charge in [0.2, 0.25) is 0 Å². The van der Waals surface area contributed by atoms with E-state index in [1.165, 1.54) is 6.07 Å². The SMILES string of the molecule is Cc1cc(NC2CCCN(CCN)C2)nnc1-c1ccc(C(F)(F)F)cc1O.O=CO. The number of hydrogen-bond acceptors (Lipinski definition) is 7. The minimum absolute atomic E-state index is 0.219. The third-order valence-electron chi connectivity index (χ3n) is 4.87. The highest BCUT2D eigenvalue weighted by atomic mass is 19.4. The summed E-state index contributed by atoms with van der Waals surface area (Å²) in [6, 6.07) is 4.88. The van der Waals surface area contributed by atoms with Crippen molar-refractivity contribution in [3.05, 3.63) is 35.4 Å². The zero-order valence-electron chi connectivity index (χ0n) is 17.1. The Bertz CT molecular complexity index is 878. The van der Waals surface area contributed by atoms with Gasteiger partial charge in [0.25, 0.3) is 6.47 Å². The zero-order chi connectivity index (χ0) is 23.0. The van der Waals surface area contributed by atoms with E-state index in [4.69, 9.17) is 15.6 Å². The second-order valence-corrected chi connectivity index (χ2v) is 7.17. The number of rotatable bonds is 5. The lowest BCUT2D eigenvalue weighted by Gasteiger charge is -2.33. The summed E-state index contributed by atoms with van der Waals surface area (Å²) < 4.78 is 38.3. The Hall–Kier alpha value is -2.92. The minimum atomic E-state index is -4.51. The second-order valence-electron chi connectivity index (χ2n) is 7.17. The summed E-state index contributed by atoms with van der Waals surface area (Å²) in [6.07, 6.45) is -2.42. The number of anilines is 1. The molecule has 0 radical (unpaired) electrons. The van der Waals surface area contributed by atoms with Crippen LogP contribution in [-0.2, 0) is 11.0 Å². The molecule has 1 unspecified atom stereocenters. The number of carboxylic acid groups (broad SMARTS) is 1. The fourth-order valence-electron chi connectivity index (χ4n) is 3.50. The Morgan fingerprint density at radius 2 is 2.03 bits per heavy atom. The molecule has 5 N–H and O–H groups in total. The molecule has 0 aliphatic carbocycles. The lowest BCUT2D eigenvalue weighted by molar-refractivity contribution is -0.137. The van der Waals surface area contributed by atoms with E-state index in [-0.39, 0.29) is 18.1 Å². The van der Waals surface area contributed by atoms with E-state index in [2.05, 4.69) is 20.4 Å². The highest BCUT2D eigenvalue weighted by Crippen LogP contribution is 2.36. The van der Waals surface area contributed by atoms with Crippen LogP contribution in [-0.4, -0.2) is 64.0 Å². The van der Waals surface area contributed by atoms with E-state index in [0.717, 1.165) is 38.5 Å². The summed E-state index contributed by atoms with van der Waals surface area (Å²) in [4.78, 5) is 10.7. The highest BCUT2D eigenvalue weighted by molar-refractivity contribution is 5.70. The van der Waals surface area contributed by atoms with Crippen LogP contribution in [0.3, 0.4) is 0 Å². The number of piperidine rings is 1. The van der Waals surface area contributed by atoms with E-state index in [9.17, 15) is 18.3 Å².